The van der Waals surface area contributed by atoms with Gasteiger partial charge in [-0.25, -0.2) is 4.98 Å². The molecule has 20 heavy (non-hydrogen) atoms. The Kier molecular flexibility index (Phi) is 3.81. The third-order valence-electron chi connectivity index (χ3n) is 3.50. The van der Waals surface area contributed by atoms with Crippen molar-refractivity contribution in [2.24, 2.45) is 0 Å². The Hall–Kier alpha value is -1.33. The number of halogens is 2. The molecule has 4 nitrogen and oxygen atoms in total. The van der Waals surface area contributed by atoms with Crippen molar-refractivity contribution in [3.8, 4) is 0 Å². The van der Waals surface area contributed by atoms with Crippen LogP contribution in [0.4, 0.5) is 11.8 Å². The quantitative estimate of drug-likeness (QED) is 0.834. The van der Waals surface area contributed by atoms with E-state index in [1.54, 1.807) is 6.07 Å². The summed E-state index contributed by atoms with van der Waals surface area (Å²) < 4.78 is 1.08. The van der Waals surface area contributed by atoms with Crippen molar-refractivity contribution >= 4 is 39.3 Å². The fourth-order valence-corrected chi connectivity index (χ4v) is 3.09. The van der Waals surface area contributed by atoms with E-state index in [0.29, 0.717) is 11.2 Å². The minimum Gasteiger partial charge on any atom is -0.368 e. The molecule has 2 N–H and O–H groups in total. The second-order valence-electron chi connectivity index (χ2n) is 4.81. The van der Waals surface area contributed by atoms with Gasteiger partial charge in [-0.2, -0.15) is 4.98 Å². The van der Waals surface area contributed by atoms with Crippen molar-refractivity contribution in [2.45, 2.75) is 18.9 Å². The van der Waals surface area contributed by atoms with Crippen LogP contribution in [0.5, 0.6) is 0 Å². The average molecular weight is 354 g/mol. The maximum Gasteiger partial charge on any atom is 0.223 e. The van der Waals surface area contributed by atoms with E-state index in [4.69, 9.17) is 17.3 Å². The van der Waals surface area contributed by atoms with E-state index in [9.17, 15) is 0 Å². The number of nitrogen functional groups attached to an aromatic ring is 1. The highest BCUT2D eigenvalue weighted by Crippen LogP contribution is 2.36. The maximum atomic E-state index is 5.98. The van der Waals surface area contributed by atoms with Crippen LogP contribution in [-0.2, 0) is 0 Å². The summed E-state index contributed by atoms with van der Waals surface area (Å²) in [6.45, 7) is 0.952. The Morgan fingerprint density at radius 3 is 2.70 bits per heavy atom. The van der Waals surface area contributed by atoms with Gasteiger partial charge in [0.05, 0.1) is 6.04 Å². The predicted molar refractivity (Wildman–Crippen MR) is 84.9 cm³/mol. The molecule has 1 aromatic heterocycles. The minimum absolute atomic E-state index is 0.217. The normalized spacial score (nSPS) is 18.5. The van der Waals surface area contributed by atoms with E-state index < -0.39 is 0 Å². The summed E-state index contributed by atoms with van der Waals surface area (Å²) in [7, 11) is 0. The zero-order valence-electron chi connectivity index (χ0n) is 10.8. The van der Waals surface area contributed by atoms with E-state index >= 15 is 0 Å². The maximum absolute atomic E-state index is 5.98. The van der Waals surface area contributed by atoms with Gasteiger partial charge in [-0.1, -0.05) is 39.7 Å². The van der Waals surface area contributed by atoms with Gasteiger partial charge in [-0.15, -0.1) is 0 Å². The highest BCUT2D eigenvalue weighted by molar-refractivity contribution is 9.10. The monoisotopic (exact) mass is 352 g/mol. The van der Waals surface area contributed by atoms with Crippen molar-refractivity contribution in [1.82, 2.24) is 9.97 Å². The van der Waals surface area contributed by atoms with Gasteiger partial charge in [0.2, 0.25) is 5.95 Å². The Morgan fingerprint density at radius 2 is 2.00 bits per heavy atom. The lowest BCUT2D eigenvalue weighted by molar-refractivity contribution is 0.711. The molecular formula is C14H14BrClN4. The number of nitrogens with zero attached hydrogens (tertiary/aromatic N) is 3. The molecular weight excluding hydrogens is 340 g/mol. The lowest BCUT2D eigenvalue weighted by atomic mass is 10.0. The van der Waals surface area contributed by atoms with E-state index in [1.165, 1.54) is 5.56 Å². The van der Waals surface area contributed by atoms with Gasteiger partial charge in [0, 0.05) is 17.1 Å². The molecule has 0 amide bonds. The summed E-state index contributed by atoms with van der Waals surface area (Å²) >= 11 is 9.44. The first-order chi connectivity index (χ1) is 9.63. The summed E-state index contributed by atoms with van der Waals surface area (Å²) in [5, 5.41) is 0.383. The highest BCUT2D eigenvalue weighted by Gasteiger charge is 2.27. The Labute approximate surface area is 131 Å². The summed E-state index contributed by atoms with van der Waals surface area (Å²) in [6.07, 6.45) is 2.23. The van der Waals surface area contributed by atoms with E-state index in [1.807, 2.05) is 0 Å². The van der Waals surface area contributed by atoms with E-state index in [-0.39, 0.29) is 5.95 Å². The SMILES string of the molecule is Nc1nc(Cl)cc(N2CCCC2c2ccc(Br)cc2)n1. The molecule has 0 saturated carbocycles. The molecule has 0 aliphatic carbocycles. The molecule has 0 bridgehead atoms. The highest BCUT2D eigenvalue weighted by atomic mass is 79.9. The van der Waals surface area contributed by atoms with Crippen molar-refractivity contribution in [1.29, 1.82) is 0 Å². The van der Waals surface area contributed by atoms with E-state index in [0.717, 1.165) is 29.7 Å². The number of hydrogen-bond donors (Lipinski definition) is 1. The lowest BCUT2D eigenvalue weighted by Gasteiger charge is -2.26. The largest absolute Gasteiger partial charge is 0.368 e. The number of anilines is 2. The fraction of sp³-hybridized carbons (Fsp3) is 0.286. The van der Waals surface area contributed by atoms with Gasteiger partial charge in [0.15, 0.2) is 0 Å². The topological polar surface area (TPSA) is 55.0 Å². The predicted octanol–water partition coefficient (Wildman–Crippen LogP) is 3.82. The molecule has 1 aliphatic rings. The molecule has 2 aromatic rings. The van der Waals surface area contributed by atoms with Gasteiger partial charge in [0.25, 0.3) is 0 Å². The molecule has 1 saturated heterocycles. The second-order valence-corrected chi connectivity index (χ2v) is 6.11. The number of benzene rings is 1. The molecule has 3 rings (SSSR count). The van der Waals surface area contributed by atoms with Crippen LogP contribution in [0.1, 0.15) is 24.4 Å². The summed E-state index contributed by atoms with van der Waals surface area (Å²) in [5.74, 6) is 1.02. The molecule has 104 valence electrons. The van der Waals surface area contributed by atoms with Crippen molar-refractivity contribution in [3.63, 3.8) is 0 Å². The summed E-state index contributed by atoms with van der Waals surface area (Å²) in [6, 6.07) is 10.5. The molecule has 0 spiro atoms. The number of hydrogen-bond acceptors (Lipinski definition) is 4. The molecule has 6 heteroatoms. The van der Waals surface area contributed by atoms with Gasteiger partial charge in [0.1, 0.15) is 11.0 Å². The molecule has 1 aromatic carbocycles. The van der Waals surface area contributed by atoms with Crippen molar-refractivity contribution < 1.29 is 0 Å². The second kappa shape index (κ2) is 5.58. The number of nitrogens with two attached hydrogens (primary N) is 1. The summed E-state index contributed by atoms with van der Waals surface area (Å²) in [4.78, 5) is 10.5. The standard InChI is InChI=1S/C14H14BrClN4/c15-10-5-3-9(4-6-10)11-2-1-7-20(11)13-8-12(16)18-14(17)19-13/h3-6,8,11H,1-2,7H2,(H2,17,18,19). The molecule has 1 aliphatic heterocycles. The zero-order valence-corrected chi connectivity index (χ0v) is 13.1. The molecule has 1 fully saturated rings. The smallest absolute Gasteiger partial charge is 0.223 e. The van der Waals surface area contributed by atoms with Crippen LogP contribution in [0.25, 0.3) is 0 Å². The van der Waals surface area contributed by atoms with Crippen LogP contribution in [0.3, 0.4) is 0 Å². The van der Waals surface area contributed by atoms with Crippen LogP contribution in [0.2, 0.25) is 5.15 Å². The first-order valence-corrected chi connectivity index (χ1v) is 7.63. The summed E-state index contributed by atoms with van der Waals surface area (Å²) in [5.41, 5.74) is 6.97. The lowest BCUT2D eigenvalue weighted by Crippen LogP contribution is -2.24. The molecule has 1 atom stereocenters. The molecule has 2 heterocycles. The van der Waals surface area contributed by atoms with Crippen molar-refractivity contribution in [3.05, 3.63) is 45.5 Å². The number of rotatable bonds is 2. The molecule has 0 radical (unpaired) electrons. The van der Waals surface area contributed by atoms with Gasteiger partial charge in [-0.3, -0.25) is 0 Å². The fourth-order valence-electron chi connectivity index (χ4n) is 2.64. The third kappa shape index (κ3) is 2.74. The Morgan fingerprint density at radius 1 is 1.25 bits per heavy atom. The third-order valence-corrected chi connectivity index (χ3v) is 4.22. The molecule has 1 unspecified atom stereocenters. The number of aromatic nitrogens is 2. The van der Waals surface area contributed by atoms with Gasteiger partial charge in [-0.05, 0) is 30.5 Å². The van der Waals surface area contributed by atoms with Gasteiger partial charge >= 0.3 is 0 Å². The van der Waals surface area contributed by atoms with Crippen molar-refractivity contribution in [2.75, 3.05) is 17.2 Å². The Bertz CT molecular complexity index is 597. The van der Waals surface area contributed by atoms with E-state index in [2.05, 4.69) is 55.1 Å². The van der Waals surface area contributed by atoms with Crippen LogP contribution in [0, 0.1) is 0 Å². The van der Waals surface area contributed by atoms with Crippen LogP contribution < -0.4 is 10.6 Å². The first kappa shape index (κ1) is 13.6. The van der Waals surface area contributed by atoms with Crippen LogP contribution in [-0.4, -0.2) is 16.5 Å². The average Bonchev–Trinajstić information content (AvgIpc) is 2.87. The Balaban J connectivity index is 1.94. The van der Waals surface area contributed by atoms with Crippen LogP contribution >= 0.6 is 27.5 Å². The first-order valence-electron chi connectivity index (χ1n) is 6.45. The van der Waals surface area contributed by atoms with Gasteiger partial charge < -0.3 is 10.6 Å². The zero-order chi connectivity index (χ0) is 14.1. The van der Waals surface area contributed by atoms with Crippen LogP contribution in [0.15, 0.2) is 34.8 Å². The minimum atomic E-state index is 0.217.